The number of methoxy groups -OCH3 is 1. The van der Waals surface area contributed by atoms with E-state index in [0.29, 0.717) is 6.07 Å². The first kappa shape index (κ1) is 12.7. The molecule has 1 aromatic rings. The molecule has 0 aromatic heterocycles. The van der Waals surface area contributed by atoms with Crippen LogP contribution in [0.3, 0.4) is 0 Å². The molecule has 90 valence electrons. The molecular formula is C9H7F5O2. The average molecular weight is 242 g/mol. The van der Waals surface area contributed by atoms with E-state index in [2.05, 4.69) is 4.74 Å². The van der Waals surface area contributed by atoms with Crippen LogP contribution >= 0.6 is 0 Å². The lowest BCUT2D eigenvalue weighted by molar-refractivity contribution is -0.208. The molecule has 0 aliphatic heterocycles. The van der Waals surface area contributed by atoms with E-state index in [9.17, 15) is 22.0 Å². The Bertz CT molecular complexity index is 388. The summed E-state index contributed by atoms with van der Waals surface area (Å²) in [5.74, 6) is -3.29. The molecule has 0 aliphatic rings. The number of ether oxygens (including phenoxy) is 1. The first-order valence-electron chi connectivity index (χ1n) is 4.05. The Kier molecular flexibility index (Phi) is 3.37. The summed E-state index contributed by atoms with van der Waals surface area (Å²) in [7, 11) is 0.945. The molecule has 0 bridgehead atoms. The van der Waals surface area contributed by atoms with Crippen molar-refractivity contribution in [1.29, 1.82) is 0 Å². The number of aliphatic hydroxyl groups is 1. The van der Waals surface area contributed by atoms with E-state index < -0.39 is 35.2 Å². The molecule has 0 heterocycles. The largest absolute Gasteiger partial charge is 0.496 e. The van der Waals surface area contributed by atoms with Crippen molar-refractivity contribution in [3.8, 4) is 5.75 Å². The second kappa shape index (κ2) is 4.25. The number of benzene rings is 1. The highest BCUT2D eigenvalue weighted by atomic mass is 19.4. The van der Waals surface area contributed by atoms with Crippen molar-refractivity contribution in [2.75, 3.05) is 7.11 Å². The van der Waals surface area contributed by atoms with Crippen LogP contribution in [0.15, 0.2) is 12.1 Å². The minimum Gasteiger partial charge on any atom is -0.496 e. The zero-order chi connectivity index (χ0) is 12.5. The van der Waals surface area contributed by atoms with Gasteiger partial charge in [-0.15, -0.1) is 0 Å². The van der Waals surface area contributed by atoms with Crippen LogP contribution in [0.5, 0.6) is 5.75 Å². The Morgan fingerprint density at radius 3 is 2.25 bits per heavy atom. The summed E-state index contributed by atoms with van der Waals surface area (Å²) in [4.78, 5) is 0. The summed E-state index contributed by atoms with van der Waals surface area (Å²) in [6, 6.07) is 0.806. The molecule has 0 fully saturated rings. The Labute approximate surface area is 87.3 Å². The zero-order valence-electron chi connectivity index (χ0n) is 7.98. The van der Waals surface area contributed by atoms with E-state index in [1.165, 1.54) is 0 Å². The summed E-state index contributed by atoms with van der Waals surface area (Å²) in [5, 5.41) is 8.87. The van der Waals surface area contributed by atoms with Crippen LogP contribution in [0.1, 0.15) is 11.7 Å². The van der Waals surface area contributed by atoms with Gasteiger partial charge in [-0.1, -0.05) is 0 Å². The van der Waals surface area contributed by atoms with Gasteiger partial charge in [0, 0.05) is 12.1 Å². The van der Waals surface area contributed by atoms with Crippen LogP contribution in [0.4, 0.5) is 22.0 Å². The maximum absolute atomic E-state index is 13.1. The van der Waals surface area contributed by atoms with Gasteiger partial charge in [0.15, 0.2) is 6.10 Å². The third-order valence-corrected chi connectivity index (χ3v) is 1.86. The van der Waals surface area contributed by atoms with E-state index in [0.717, 1.165) is 7.11 Å². The van der Waals surface area contributed by atoms with Gasteiger partial charge in [0.05, 0.1) is 12.7 Å². The van der Waals surface area contributed by atoms with Crippen LogP contribution in [-0.2, 0) is 0 Å². The summed E-state index contributed by atoms with van der Waals surface area (Å²) in [6.45, 7) is 0. The molecule has 16 heavy (non-hydrogen) atoms. The lowest BCUT2D eigenvalue weighted by Crippen LogP contribution is -2.22. The molecule has 7 heteroatoms. The van der Waals surface area contributed by atoms with Crippen molar-refractivity contribution < 1.29 is 31.8 Å². The van der Waals surface area contributed by atoms with E-state index in [1.54, 1.807) is 0 Å². The van der Waals surface area contributed by atoms with Crippen LogP contribution in [-0.4, -0.2) is 18.4 Å². The average Bonchev–Trinajstić information content (AvgIpc) is 2.14. The third-order valence-electron chi connectivity index (χ3n) is 1.86. The van der Waals surface area contributed by atoms with E-state index >= 15 is 0 Å². The molecule has 2 nitrogen and oxygen atoms in total. The normalized spacial score (nSPS) is 13.7. The van der Waals surface area contributed by atoms with E-state index in [1.807, 2.05) is 0 Å². The molecular weight excluding hydrogens is 235 g/mol. The summed E-state index contributed by atoms with van der Waals surface area (Å²) < 4.78 is 66.7. The van der Waals surface area contributed by atoms with Crippen LogP contribution < -0.4 is 4.74 Å². The van der Waals surface area contributed by atoms with Crippen molar-refractivity contribution in [2.45, 2.75) is 12.3 Å². The van der Waals surface area contributed by atoms with E-state index in [-0.39, 0.29) is 6.07 Å². The van der Waals surface area contributed by atoms with Crippen LogP contribution in [0.2, 0.25) is 0 Å². The van der Waals surface area contributed by atoms with Gasteiger partial charge < -0.3 is 9.84 Å². The second-order valence-corrected chi connectivity index (χ2v) is 2.95. The number of hydrogen-bond donors (Lipinski definition) is 1. The lowest BCUT2D eigenvalue weighted by atomic mass is 10.1. The highest BCUT2D eigenvalue weighted by molar-refractivity contribution is 5.37. The number of aliphatic hydroxyl groups excluding tert-OH is 1. The molecule has 1 aromatic carbocycles. The summed E-state index contributed by atoms with van der Waals surface area (Å²) >= 11 is 0. The van der Waals surface area contributed by atoms with E-state index in [4.69, 9.17) is 5.11 Å². The van der Waals surface area contributed by atoms with Gasteiger partial charge in [0.1, 0.15) is 17.4 Å². The molecule has 1 atom stereocenters. The third kappa shape index (κ3) is 2.41. The standard InChI is InChI=1S/C9H7F5O2/c1-16-6-3-4(10)2-5(11)7(6)8(15)9(12,13)14/h2-3,8,15H,1H3/t8-/m0/s1. The van der Waals surface area contributed by atoms with Crippen molar-refractivity contribution in [3.63, 3.8) is 0 Å². The predicted octanol–water partition coefficient (Wildman–Crippen LogP) is 2.57. The fraction of sp³-hybridized carbons (Fsp3) is 0.333. The van der Waals surface area contributed by atoms with Crippen LogP contribution in [0.25, 0.3) is 0 Å². The molecule has 1 N–H and O–H groups in total. The van der Waals surface area contributed by atoms with Gasteiger partial charge in [0.25, 0.3) is 0 Å². The summed E-state index contributed by atoms with van der Waals surface area (Å²) in [6.07, 6.45) is -8.10. The Balaban J connectivity index is 3.32. The zero-order valence-corrected chi connectivity index (χ0v) is 7.98. The Morgan fingerprint density at radius 2 is 1.81 bits per heavy atom. The maximum atomic E-state index is 13.1. The number of alkyl halides is 3. The molecule has 0 radical (unpaired) electrons. The minimum atomic E-state index is -5.05. The van der Waals surface area contributed by atoms with Crippen molar-refractivity contribution in [1.82, 2.24) is 0 Å². The van der Waals surface area contributed by atoms with Crippen molar-refractivity contribution in [2.24, 2.45) is 0 Å². The first-order chi connectivity index (χ1) is 7.27. The monoisotopic (exact) mass is 242 g/mol. The molecule has 0 saturated heterocycles. The topological polar surface area (TPSA) is 29.5 Å². The molecule has 0 saturated carbocycles. The van der Waals surface area contributed by atoms with Crippen LogP contribution in [0, 0.1) is 11.6 Å². The smallest absolute Gasteiger partial charge is 0.418 e. The quantitative estimate of drug-likeness (QED) is 0.807. The van der Waals surface area contributed by atoms with Crippen molar-refractivity contribution in [3.05, 3.63) is 29.3 Å². The molecule has 0 unspecified atom stereocenters. The van der Waals surface area contributed by atoms with Gasteiger partial charge in [0.2, 0.25) is 0 Å². The maximum Gasteiger partial charge on any atom is 0.418 e. The SMILES string of the molecule is COc1cc(F)cc(F)c1[C@H](O)C(F)(F)F. The molecule has 0 aliphatic carbocycles. The van der Waals surface area contributed by atoms with Gasteiger partial charge in [-0.25, -0.2) is 8.78 Å². The fourth-order valence-corrected chi connectivity index (χ4v) is 1.16. The van der Waals surface area contributed by atoms with Gasteiger partial charge in [-0.05, 0) is 0 Å². The summed E-state index contributed by atoms with van der Waals surface area (Å²) in [5.41, 5.74) is -1.13. The van der Waals surface area contributed by atoms with Crippen molar-refractivity contribution >= 4 is 0 Å². The molecule has 0 spiro atoms. The lowest BCUT2D eigenvalue weighted by Gasteiger charge is -2.18. The highest BCUT2D eigenvalue weighted by Gasteiger charge is 2.42. The Morgan fingerprint density at radius 1 is 1.25 bits per heavy atom. The number of halogens is 5. The number of hydrogen-bond acceptors (Lipinski definition) is 2. The minimum absolute atomic E-state index is 0.243. The molecule has 1 rings (SSSR count). The number of rotatable bonds is 2. The fourth-order valence-electron chi connectivity index (χ4n) is 1.16. The van der Waals surface area contributed by atoms with Gasteiger partial charge >= 0.3 is 6.18 Å². The molecule has 0 amide bonds. The predicted molar refractivity (Wildman–Crippen MR) is 43.9 cm³/mol. The first-order valence-corrected chi connectivity index (χ1v) is 4.05. The van der Waals surface area contributed by atoms with Gasteiger partial charge in [-0.3, -0.25) is 0 Å². The van der Waals surface area contributed by atoms with Gasteiger partial charge in [-0.2, -0.15) is 13.2 Å². The Hall–Kier alpha value is -1.37. The highest BCUT2D eigenvalue weighted by Crippen LogP contribution is 2.38. The second-order valence-electron chi connectivity index (χ2n) is 2.95.